The third-order valence-corrected chi connectivity index (χ3v) is 5.28. The number of halogens is 1. The molecule has 4 rings (SSSR count). The first-order chi connectivity index (χ1) is 14.9. The van der Waals surface area contributed by atoms with Crippen LogP contribution in [0.5, 0.6) is 11.6 Å². The number of hydrogen-bond acceptors (Lipinski definition) is 6. The SMILES string of the molecule is COc1ccc(-c2cc(F)cc3c2OC(CNC(=O)C(C)n2nc(C)cc2C)C3)nn1. The number of carbonyl (C=O) groups excluding carboxylic acids is 1. The number of aryl methyl sites for hydroxylation is 2. The van der Waals surface area contributed by atoms with E-state index in [-0.39, 0.29) is 17.8 Å². The summed E-state index contributed by atoms with van der Waals surface area (Å²) < 4.78 is 27.0. The number of ether oxygens (including phenoxy) is 2. The third kappa shape index (κ3) is 4.21. The van der Waals surface area contributed by atoms with Gasteiger partial charge in [-0.1, -0.05) is 0 Å². The molecule has 0 saturated heterocycles. The van der Waals surface area contributed by atoms with Gasteiger partial charge in [0, 0.05) is 29.3 Å². The molecule has 3 aromatic rings. The zero-order valence-electron chi connectivity index (χ0n) is 17.8. The average Bonchev–Trinajstić information content (AvgIpc) is 3.32. The molecule has 1 aliphatic rings. The molecule has 1 aliphatic heterocycles. The van der Waals surface area contributed by atoms with E-state index in [2.05, 4.69) is 20.6 Å². The Balaban J connectivity index is 1.46. The quantitative estimate of drug-likeness (QED) is 0.653. The van der Waals surface area contributed by atoms with Gasteiger partial charge in [0.25, 0.3) is 0 Å². The van der Waals surface area contributed by atoms with Gasteiger partial charge < -0.3 is 14.8 Å². The van der Waals surface area contributed by atoms with E-state index in [0.717, 1.165) is 17.0 Å². The first-order valence-corrected chi connectivity index (χ1v) is 10.0. The maximum Gasteiger partial charge on any atom is 0.244 e. The Hall–Kier alpha value is -3.49. The Morgan fingerprint density at radius 2 is 2.13 bits per heavy atom. The van der Waals surface area contributed by atoms with Crippen molar-refractivity contribution in [1.29, 1.82) is 0 Å². The summed E-state index contributed by atoms with van der Waals surface area (Å²) in [7, 11) is 1.50. The number of fused-ring (bicyclic) bond motifs is 1. The molecule has 0 radical (unpaired) electrons. The highest BCUT2D eigenvalue weighted by Crippen LogP contribution is 2.39. The van der Waals surface area contributed by atoms with Crippen molar-refractivity contribution in [3.05, 3.63) is 53.1 Å². The Morgan fingerprint density at radius 1 is 1.32 bits per heavy atom. The average molecular weight is 425 g/mol. The zero-order chi connectivity index (χ0) is 22.1. The fraction of sp³-hybridized carbons (Fsp3) is 0.364. The molecule has 2 unspecified atom stereocenters. The van der Waals surface area contributed by atoms with E-state index in [1.165, 1.54) is 19.2 Å². The van der Waals surface area contributed by atoms with E-state index < -0.39 is 6.04 Å². The van der Waals surface area contributed by atoms with Crippen LogP contribution >= 0.6 is 0 Å². The van der Waals surface area contributed by atoms with Gasteiger partial charge in [-0.2, -0.15) is 5.10 Å². The Kier molecular flexibility index (Phi) is 5.58. The highest BCUT2D eigenvalue weighted by Gasteiger charge is 2.29. The van der Waals surface area contributed by atoms with Crippen LogP contribution in [0.15, 0.2) is 30.3 Å². The van der Waals surface area contributed by atoms with Crippen molar-refractivity contribution in [2.75, 3.05) is 13.7 Å². The molecule has 9 heteroatoms. The fourth-order valence-electron chi connectivity index (χ4n) is 3.78. The number of nitrogens with one attached hydrogen (secondary N) is 1. The Morgan fingerprint density at radius 3 is 2.77 bits per heavy atom. The van der Waals surface area contributed by atoms with Gasteiger partial charge in [-0.15, -0.1) is 10.2 Å². The molecule has 8 nitrogen and oxygen atoms in total. The molecule has 0 aliphatic carbocycles. The smallest absolute Gasteiger partial charge is 0.244 e. The monoisotopic (exact) mass is 425 g/mol. The summed E-state index contributed by atoms with van der Waals surface area (Å²) in [5.74, 6) is 0.401. The standard InChI is InChI=1S/C22H24FN5O3/c1-12-7-13(2)28(27-12)14(3)22(29)24-11-17-9-15-8-16(23)10-18(21(15)31-17)19-5-6-20(30-4)26-25-19/h5-8,10,14,17H,9,11H2,1-4H3,(H,24,29). The largest absolute Gasteiger partial charge is 0.487 e. The molecule has 0 bridgehead atoms. The Labute approximate surface area is 179 Å². The van der Waals surface area contributed by atoms with Gasteiger partial charge in [-0.3, -0.25) is 9.48 Å². The second-order valence-electron chi connectivity index (χ2n) is 7.64. The number of aromatic nitrogens is 4. The first-order valence-electron chi connectivity index (χ1n) is 10.0. The summed E-state index contributed by atoms with van der Waals surface area (Å²) in [4.78, 5) is 12.6. The molecule has 0 spiro atoms. The van der Waals surface area contributed by atoms with Gasteiger partial charge in [0.1, 0.15) is 23.7 Å². The van der Waals surface area contributed by atoms with Crippen molar-refractivity contribution in [3.63, 3.8) is 0 Å². The van der Waals surface area contributed by atoms with Crippen LogP contribution in [-0.4, -0.2) is 45.6 Å². The molecule has 162 valence electrons. The maximum atomic E-state index is 14.2. The van der Waals surface area contributed by atoms with Crippen molar-refractivity contribution in [2.24, 2.45) is 0 Å². The molecule has 2 aromatic heterocycles. The molecule has 31 heavy (non-hydrogen) atoms. The van der Waals surface area contributed by atoms with Crippen molar-refractivity contribution < 1.29 is 18.7 Å². The predicted octanol–water partition coefficient (Wildman–Crippen LogP) is 2.79. The van der Waals surface area contributed by atoms with Crippen LogP contribution in [0.3, 0.4) is 0 Å². The number of rotatable bonds is 6. The minimum Gasteiger partial charge on any atom is -0.487 e. The summed E-state index contributed by atoms with van der Waals surface area (Å²) in [6.45, 7) is 5.90. The highest BCUT2D eigenvalue weighted by atomic mass is 19.1. The summed E-state index contributed by atoms with van der Waals surface area (Å²) >= 11 is 0. The second-order valence-corrected chi connectivity index (χ2v) is 7.64. The number of amides is 1. The zero-order valence-corrected chi connectivity index (χ0v) is 17.8. The van der Waals surface area contributed by atoms with Crippen LogP contribution < -0.4 is 14.8 Å². The Bertz CT molecular complexity index is 1110. The van der Waals surface area contributed by atoms with E-state index in [9.17, 15) is 9.18 Å². The number of hydrogen-bond donors (Lipinski definition) is 1. The molecule has 0 saturated carbocycles. The molecule has 1 amide bonds. The fourth-order valence-corrected chi connectivity index (χ4v) is 3.78. The van der Waals surface area contributed by atoms with Gasteiger partial charge in [0.05, 0.1) is 25.0 Å². The van der Waals surface area contributed by atoms with Gasteiger partial charge in [-0.25, -0.2) is 4.39 Å². The van der Waals surface area contributed by atoms with E-state index in [0.29, 0.717) is 35.9 Å². The number of benzene rings is 1. The van der Waals surface area contributed by atoms with E-state index >= 15 is 0 Å². The van der Waals surface area contributed by atoms with Crippen molar-refractivity contribution in [2.45, 2.75) is 39.3 Å². The normalized spacial score (nSPS) is 15.8. The molecule has 2 atom stereocenters. The lowest BCUT2D eigenvalue weighted by Gasteiger charge is -2.17. The lowest BCUT2D eigenvalue weighted by Crippen LogP contribution is -2.38. The van der Waals surface area contributed by atoms with Crippen LogP contribution in [0.2, 0.25) is 0 Å². The van der Waals surface area contributed by atoms with Gasteiger partial charge in [0.15, 0.2) is 0 Å². The summed E-state index contributed by atoms with van der Waals surface area (Å²) in [6, 6.07) is 7.68. The predicted molar refractivity (Wildman–Crippen MR) is 112 cm³/mol. The highest BCUT2D eigenvalue weighted by molar-refractivity contribution is 5.80. The van der Waals surface area contributed by atoms with Crippen molar-refractivity contribution in [1.82, 2.24) is 25.3 Å². The van der Waals surface area contributed by atoms with Gasteiger partial charge in [0.2, 0.25) is 11.8 Å². The van der Waals surface area contributed by atoms with Gasteiger partial charge in [-0.05, 0) is 45.0 Å². The van der Waals surface area contributed by atoms with Crippen LogP contribution in [0.4, 0.5) is 4.39 Å². The van der Waals surface area contributed by atoms with E-state index in [1.807, 2.05) is 19.9 Å². The molecular formula is C22H24FN5O3. The molecule has 1 N–H and O–H groups in total. The van der Waals surface area contributed by atoms with Crippen molar-refractivity contribution >= 4 is 5.91 Å². The molecular weight excluding hydrogens is 401 g/mol. The molecule has 0 fully saturated rings. The first kappa shape index (κ1) is 20.8. The number of carbonyl (C=O) groups is 1. The van der Waals surface area contributed by atoms with Crippen molar-refractivity contribution in [3.8, 4) is 22.9 Å². The lowest BCUT2D eigenvalue weighted by molar-refractivity contribution is -0.124. The molecule has 1 aromatic carbocycles. The van der Waals surface area contributed by atoms with Crippen LogP contribution in [0.25, 0.3) is 11.3 Å². The number of methoxy groups -OCH3 is 1. The van der Waals surface area contributed by atoms with Crippen LogP contribution in [0, 0.1) is 19.7 Å². The van der Waals surface area contributed by atoms with E-state index in [4.69, 9.17) is 9.47 Å². The minimum atomic E-state index is -0.444. The summed E-state index contributed by atoms with van der Waals surface area (Å²) in [5, 5.41) is 15.3. The molecule has 3 heterocycles. The van der Waals surface area contributed by atoms with Crippen LogP contribution in [0.1, 0.15) is 29.9 Å². The van der Waals surface area contributed by atoms with Crippen LogP contribution in [-0.2, 0) is 11.2 Å². The minimum absolute atomic E-state index is 0.154. The maximum absolute atomic E-state index is 14.2. The third-order valence-electron chi connectivity index (χ3n) is 5.28. The summed E-state index contributed by atoms with van der Waals surface area (Å²) in [6.07, 6.45) is 0.177. The van der Waals surface area contributed by atoms with E-state index in [1.54, 1.807) is 23.7 Å². The topological polar surface area (TPSA) is 91.2 Å². The second kappa shape index (κ2) is 8.33. The number of nitrogens with zero attached hydrogens (tertiary/aromatic N) is 4. The van der Waals surface area contributed by atoms with Gasteiger partial charge >= 0.3 is 0 Å². The summed E-state index contributed by atoms with van der Waals surface area (Å²) in [5.41, 5.74) is 3.53. The lowest BCUT2D eigenvalue weighted by atomic mass is 10.0.